The smallest absolute Gasteiger partial charge is 0.295 e. The first-order chi connectivity index (χ1) is 16.8. The number of nitrogens with zero attached hydrogens (tertiary/aromatic N) is 4. The van der Waals surface area contributed by atoms with Crippen LogP contribution in [-0.2, 0) is 31.7 Å². The molecule has 10 heteroatoms. The minimum atomic E-state index is -0.324. The monoisotopic (exact) mass is 509 g/mol. The zero-order valence-corrected chi connectivity index (χ0v) is 21.8. The van der Waals surface area contributed by atoms with E-state index < -0.39 is 0 Å². The number of hydrogen-bond donors (Lipinski definition) is 1. The predicted octanol–water partition coefficient (Wildman–Crippen LogP) is 3.65. The molecule has 4 aromatic rings. The number of hydrogen-bond acceptors (Lipinski definition) is 6. The minimum Gasteiger partial charge on any atom is -0.319 e. The van der Waals surface area contributed by atoms with Gasteiger partial charge < -0.3 is 5.32 Å². The average molecular weight is 510 g/mol. The van der Waals surface area contributed by atoms with Crippen molar-refractivity contribution < 1.29 is 4.79 Å². The second kappa shape index (κ2) is 9.16. The van der Waals surface area contributed by atoms with E-state index in [-0.39, 0.29) is 28.5 Å². The molecule has 182 valence electrons. The number of amides is 1. The maximum atomic E-state index is 13.1. The molecule has 8 nitrogen and oxygen atoms in total. The lowest BCUT2D eigenvalue weighted by Crippen LogP contribution is -2.24. The van der Waals surface area contributed by atoms with Gasteiger partial charge in [0.15, 0.2) is 5.16 Å². The van der Waals surface area contributed by atoms with E-state index in [1.54, 1.807) is 37.0 Å². The number of aryl methyl sites for hydroxylation is 1. The molecule has 1 amide bonds. The fraction of sp³-hybridized carbons (Fsp3) is 0.360. The highest BCUT2D eigenvalue weighted by molar-refractivity contribution is 7.99. The van der Waals surface area contributed by atoms with Crippen LogP contribution < -0.4 is 16.4 Å². The summed E-state index contributed by atoms with van der Waals surface area (Å²) in [5.74, 6) is 0.326. The molecular formula is C25H27N5O3S2. The van der Waals surface area contributed by atoms with Crippen molar-refractivity contribution in [3.63, 3.8) is 0 Å². The summed E-state index contributed by atoms with van der Waals surface area (Å²) in [6, 6.07) is 9.28. The van der Waals surface area contributed by atoms with Crippen molar-refractivity contribution in [1.29, 1.82) is 0 Å². The lowest BCUT2D eigenvalue weighted by molar-refractivity contribution is -0.113. The minimum absolute atomic E-state index is 0.0347. The molecular weight excluding hydrogens is 482 g/mol. The number of carbonyl (C=O) groups excluding carboxylic acids is 1. The molecule has 3 aromatic heterocycles. The van der Waals surface area contributed by atoms with Crippen LogP contribution in [0.3, 0.4) is 0 Å². The van der Waals surface area contributed by atoms with Crippen LogP contribution in [0, 0.1) is 12.8 Å². The van der Waals surface area contributed by atoms with Gasteiger partial charge in [0.05, 0.1) is 22.5 Å². The lowest BCUT2D eigenvalue weighted by atomic mass is 9.89. The molecule has 1 N–H and O–H groups in total. The lowest BCUT2D eigenvalue weighted by Gasteiger charge is -2.17. The molecule has 5 rings (SSSR count). The van der Waals surface area contributed by atoms with E-state index in [1.165, 1.54) is 25.9 Å². The predicted molar refractivity (Wildman–Crippen MR) is 141 cm³/mol. The van der Waals surface area contributed by atoms with Crippen molar-refractivity contribution in [2.75, 3.05) is 11.1 Å². The van der Waals surface area contributed by atoms with Crippen LogP contribution in [0.4, 0.5) is 5.69 Å². The summed E-state index contributed by atoms with van der Waals surface area (Å²) in [6.07, 6.45) is 2.99. The highest BCUT2D eigenvalue weighted by Crippen LogP contribution is 2.36. The third-order valence-electron chi connectivity index (χ3n) is 6.65. The average Bonchev–Trinajstić information content (AvgIpc) is 3.30. The summed E-state index contributed by atoms with van der Waals surface area (Å²) >= 11 is 2.80. The Bertz CT molecular complexity index is 1560. The highest BCUT2D eigenvalue weighted by Gasteiger charge is 2.24. The van der Waals surface area contributed by atoms with Crippen molar-refractivity contribution in [1.82, 2.24) is 18.9 Å². The SMILES string of the molecule is Cc1c(NC(=O)CSc2nc3sc4c(c3c(=O)n2C)CCC(C)C4)c(=O)n(-c2ccccc2)n1C. The van der Waals surface area contributed by atoms with Crippen LogP contribution in [-0.4, -0.2) is 30.6 Å². The first-order valence-corrected chi connectivity index (χ1v) is 13.3. The summed E-state index contributed by atoms with van der Waals surface area (Å²) in [5.41, 5.74) is 2.43. The molecule has 0 saturated carbocycles. The molecule has 0 bridgehead atoms. The number of aromatic nitrogens is 4. The maximum absolute atomic E-state index is 13.1. The Morgan fingerprint density at radius 3 is 2.69 bits per heavy atom. The van der Waals surface area contributed by atoms with E-state index in [0.29, 0.717) is 16.8 Å². The van der Waals surface area contributed by atoms with Crippen LogP contribution >= 0.6 is 23.1 Å². The molecule has 35 heavy (non-hydrogen) atoms. The number of anilines is 1. The van der Waals surface area contributed by atoms with Gasteiger partial charge in [-0.2, -0.15) is 0 Å². The molecule has 0 spiro atoms. The van der Waals surface area contributed by atoms with E-state index in [4.69, 9.17) is 4.98 Å². The Balaban J connectivity index is 1.37. The zero-order valence-electron chi connectivity index (χ0n) is 20.1. The quantitative estimate of drug-likeness (QED) is 0.328. The summed E-state index contributed by atoms with van der Waals surface area (Å²) in [4.78, 5) is 45.7. The largest absolute Gasteiger partial charge is 0.319 e. The van der Waals surface area contributed by atoms with Gasteiger partial charge in [-0.25, -0.2) is 9.67 Å². The number of rotatable bonds is 5. The number of nitrogens with one attached hydrogen (secondary N) is 1. The van der Waals surface area contributed by atoms with Crippen LogP contribution in [0.5, 0.6) is 0 Å². The second-order valence-electron chi connectivity index (χ2n) is 9.06. The van der Waals surface area contributed by atoms with Gasteiger partial charge in [-0.1, -0.05) is 36.9 Å². The van der Waals surface area contributed by atoms with Crippen molar-refractivity contribution in [2.45, 2.75) is 38.3 Å². The molecule has 0 aliphatic heterocycles. The van der Waals surface area contributed by atoms with Crippen LogP contribution in [0.15, 0.2) is 45.1 Å². The number of fused-ring (bicyclic) bond motifs is 3. The molecule has 1 aromatic carbocycles. The number of thiophene rings is 1. The Labute approximate surface area is 210 Å². The third-order valence-corrected chi connectivity index (χ3v) is 8.82. The van der Waals surface area contributed by atoms with Gasteiger partial charge in [-0.15, -0.1) is 11.3 Å². The number of thioether (sulfide) groups is 1. The number of para-hydroxylation sites is 1. The van der Waals surface area contributed by atoms with E-state index >= 15 is 0 Å². The van der Waals surface area contributed by atoms with Gasteiger partial charge in [0, 0.05) is 19.0 Å². The molecule has 1 unspecified atom stereocenters. The van der Waals surface area contributed by atoms with Crippen molar-refractivity contribution >= 4 is 44.9 Å². The molecule has 3 heterocycles. The Morgan fingerprint density at radius 1 is 1.20 bits per heavy atom. The topological polar surface area (TPSA) is 90.9 Å². The number of carbonyl (C=O) groups is 1. The van der Waals surface area contributed by atoms with Gasteiger partial charge >= 0.3 is 0 Å². The van der Waals surface area contributed by atoms with Gasteiger partial charge in [0.1, 0.15) is 10.5 Å². The molecule has 1 aliphatic rings. The molecule has 1 atom stereocenters. The Morgan fingerprint density at radius 2 is 1.94 bits per heavy atom. The Kier molecular flexibility index (Phi) is 6.18. The molecule has 0 radical (unpaired) electrons. The first kappa shape index (κ1) is 23.6. The molecule has 0 fully saturated rings. The maximum Gasteiger partial charge on any atom is 0.295 e. The third kappa shape index (κ3) is 4.14. The fourth-order valence-electron chi connectivity index (χ4n) is 4.60. The summed E-state index contributed by atoms with van der Waals surface area (Å²) in [5, 5.41) is 4.00. The molecule has 1 aliphatic carbocycles. The fourth-order valence-corrected chi connectivity index (χ4v) is 6.79. The highest BCUT2D eigenvalue weighted by atomic mass is 32.2. The summed E-state index contributed by atoms with van der Waals surface area (Å²) in [7, 11) is 3.48. The van der Waals surface area contributed by atoms with E-state index in [1.807, 2.05) is 30.3 Å². The summed E-state index contributed by atoms with van der Waals surface area (Å²) < 4.78 is 4.78. The van der Waals surface area contributed by atoms with Crippen LogP contribution in [0.25, 0.3) is 15.9 Å². The van der Waals surface area contributed by atoms with Crippen LogP contribution in [0.2, 0.25) is 0 Å². The standard InChI is InChI=1S/C25H27N5O3S2/c1-14-10-11-17-18(12-14)35-22-20(17)23(32)28(3)25(27-22)34-13-19(31)26-21-15(2)29(4)30(24(21)33)16-8-6-5-7-9-16/h5-9,14H,10-13H2,1-4H3,(H,26,31). The second-order valence-corrected chi connectivity index (χ2v) is 11.1. The van der Waals surface area contributed by atoms with Crippen molar-refractivity contribution in [3.05, 3.63) is 67.2 Å². The zero-order chi connectivity index (χ0) is 24.9. The van der Waals surface area contributed by atoms with Gasteiger partial charge in [0.2, 0.25) is 5.91 Å². The van der Waals surface area contributed by atoms with Crippen LogP contribution in [0.1, 0.15) is 29.5 Å². The van der Waals surface area contributed by atoms with Gasteiger partial charge in [0.25, 0.3) is 11.1 Å². The van der Waals surface area contributed by atoms with Crippen molar-refractivity contribution in [3.8, 4) is 5.69 Å². The van der Waals surface area contributed by atoms with Gasteiger partial charge in [-0.05, 0) is 49.8 Å². The van der Waals surface area contributed by atoms with Crippen molar-refractivity contribution in [2.24, 2.45) is 20.0 Å². The van der Waals surface area contributed by atoms with E-state index in [0.717, 1.165) is 40.7 Å². The van der Waals surface area contributed by atoms with E-state index in [9.17, 15) is 14.4 Å². The van der Waals surface area contributed by atoms with E-state index in [2.05, 4.69) is 12.2 Å². The summed E-state index contributed by atoms with van der Waals surface area (Å²) in [6.45, 7) is 4.03. The normalized spacial score (nSPS) is 15.4. The molecule has 0 saturated heterocycles. The first-order valence-electron chi connectivity index (χ1n) is 11.5. The van der Waals surface area contributed by atoms with Gasteiger partial charge in [-0.3, -0.25) is 23.6 Å². The Hall–Kier alpha value is -3.11. The number of benzene rings is 1.